The van der Waals surface area contributed by atoms with E-state index in [0.717, 1.165) is 16.4 Å². The molecule has 0 spiro atoms. The standard InChI is InChI=1S/C12H13F2NO5S/c13-8-1-2-10(14)11(5-8)21(18,19)15-3-4-20-9(7-15)6-12(16)17/h1-2,5,9H,3-4,6-7H2,(H,16,17). The van der Waals surface area contributed by atoms with Crippen LogP contribution in [-0.4, -0.2) is 49.6 Å². The van der Waals surface area contributed by atoms with E-state index in [4.69, 9.17) is 9.84 Å². The molecule has 1 aromatic carbocycles. The summed E-state index contributed by atoms with van der Waals surface area (Å²) in [6.07, 6.45) is -1.18. The van der Waals surface area contributed by atoms with Crippen molar-refractivity contribution in [3.8, 4) is 0 Å². The average Bonchev–Trinajstić information content (AvgIpc) is 2.41. The average molecular weight is 321 g/mol. The molecule has 9 heteroatoms. The van der Waals surface area contributed by atoms with Crippen molar-refractivity contribution in [2.75, 3.05) is 19.7 Å². The van der Waals surface area contributed by atoms with E-state index in [-0.39, 0.29) is 26.1 Å². The van der Waals surface area contributed by atoms with Gasteiger partial charge in [0.05, 0.1) is 19.1 Å². The normalized spacial score (nSPS) is 20.4. The summed E-state index contributed by atoms with van der Waals surface area (Å²) in [5.74, 6) is -3.06. The molecule has 1 fully saturated rings. The van der Waals surface area contributed by atoms with Gasteiger partial charge < -0.3 is 9.84 Å². The Morgan fingerprint density at radius 1 is 1.43 bits per heavy atom. The SMILES string of the molecule is O=C(O)CC1CN(S(=O)(=O)c2cc(F)ccc2F)CCO1. The molecule has 116 valence electrons. The predicted octanol–water partition coefficient (Wildman–Crippen LogP) is 0.829. The summed E-state index contributed by atoms with van der Waals surface area (Å²) < 4.78 is 57.4. The Bertz CT molecular complexity index is 649. The van der Waals surface area contributed by atoms with E-state index in [9.17, 15) is 22.0 Å². The molecular formula is C12H13F2NO5S. The van der Waals surface area contributed by atoms with E-state index in [1.807, 2.05) is 0 Å². The predicted molar refractivity (Wildman–Crippen MR) is 67.1 cm³/mol. The Hall–Kier alpha value is -1.58. The Kier molecular flexibility index (Phi) is 4.55. The number of nitrogens with zero attached hydrogens (tertiary/aromatic N) is 1. The second kappa shape index (κ2) is 6.04. The van der Waals surface area contributed by atoms with Crippen molar-refractivity contribution in [3.05, 3.63) is 29.8 Å². The lowest BCUT2D eigenvalue weighted by molar-refractivity contribution is -0.141. The molecule has 1 aliphatic heterocycles. The fourth-order valence-corrected chi connectivity index (χ4v) is 3.57. The number of halogens is 2. The summed E-state index contributed by atoms with van der Waals surface area (Å²) in [4.78, 5) is 9.87. The molecule has 1 atom stereocenters. The minimum absolute atomic E-state index is 0.00584. The molecule has 0 aromatic heterocycles. The maximum absolute atomic E-state index is 13.6. The number of aliphatic carboxylic acids is 1. The van der Waals surface area contributed by atoms with E-state index in [1.54, 1.807) is 0 Å². The third-order valence-electron chi connectivity index (χ3n) is 3.01. The van der Waals surface area contributed by atoms with E-state index in [2.05, 4.69) is 0 Å². The van der Waals surface area contributed by atoms with Crippen LogP contribution in [0, 0.1) is 11.6 Å². The molecule has 0 aliphatic carbocycles. The number of morpholine rings is 1. The molecule has 0 saturated carbocycles. The van der Waals surface area contributed by atoms with Gasteiger partial charge in [-0.3, -0.25) is 4.79 Å². The highest BCUT2D eigenvalue weighted by molar-refractivity contribution is 7.89. The molecular weight excluding hydrogens is 308 g/mol. The highest BCUT2D eigenvalue weighted by atomic mass is 32.2. The van der Waals surface area contributed by atoms with Crippen molar-refractivity contribution in [2.45, 2.75) is 17.4 Å². The van der Waals surface area contributed by atoms with Gasteiger partial charge in [0.2, 0.25) is 10.0 Å². The van der Waals surface area contributed by atoms with Crippen molar-refractivity contribution in [1.82, 2.24) is 4.31 Å². The van der Waals surface area contributed by atoms with Crippen LogP contribution >= 0.6 is 0 Å². The summed E-state index contributed by atoms with van der Waals surface area (Å²) in [5.41, 5.74) is 0. The van der Waals surface area contributed by atoms with Crippen molar-refractivity contribution >= 4 is 16.0 Å². The number of hydrogen-bond donors (Lipinski definition) is 1. The summed E-state index contributed by atoms with van der Waals surface area (Å²) >= 11 is 0. The van der Waals surface area contributed by atoms with E-state index in [1.165, 1.54) is 0 Å². The second-order valence-electron chi connectivity index (χ2n) is 4.53. The lowest BCUT2D eigenvalue weighted by atomic mass is 10.2. The van der Waals surface area contributed by atoms with Gasteiger partial charge in [-0.2, -0.15) is 4.31 Å². The van der Waals surface area contributed by atoms with Crippen LogP contribution in [0.25, 0.3) is 0 Å². The summed E-state index contributed by atoms with van der Waals surface area (Å²) in [7, 11) is -4.24. The van der Waals surface area contributed by atoms with Gasteiger partial charge in [0.1, 0.15) is 16.5 Å². The highest BCUT2D eigenvalue weighted by Gasteiger charge is 2.33. The van der Waals surface area contributed by atoms with Crippen LogP contribution < -0.4 is 0 Å². The van der Waals surface area contributed by atoms with Crippen molar-refractivity contribution in [1.29, 1.82) is 0 Å². The Labute approximate surface area is 120 Å². The molecule has 1 unspecified atom stereocenters. The zero-order valence-electron chi connectivity index (χ0n) is 10.8. The number of benzene rings is 1. The Morgan fingerprint density at radius 3 is 2.81 bits per heavy atom. The van der Waals surface area contributed by atoms with Gasteiger partial charge in [0.15, 0.2) is 0 Å². The van der Waals surface area contributed by atoms with Crippen LogP contribution in [0.2, 0.25) is 0 Å². The van der Waals surface area contributed by atoms with Gasteiger partial charge in [-0.05, 0) is 18.2 Å². The van der Waals surface area contributed by atoms with E-state index < -0.39 is 38.6 Å². The fraction of sp³-hybridized carbons (Fsp3) is 0.417. The molecule has 0 amide bonds. The Morgan fingerprint density at radius 2 is 2.14 bits per heavy atom. The van der Waals surface area contributed by atoms with Crippen molar-refractivity contribution in [2.24, 2.45) is 0 Å². The Balaban J connectivity index is 2.26. The zero-order chi connectivity index (χ0) is 15.6. The number of hydrogen-bond acceptors (Lipinski definition) is 4. The van der Waals surface area contributed by atoms with Crippen molar-refractivity contribution < 1.29 is 31.8 Å². The van der Waals surface area contributed by atoms with Crippen LogP contribution in [0.5, 0.6) is 0 Å². The first-order chi connectivity index (χ1) is 9.80. The summed E-state index contributed by atoms with van der Waals surface area (Å²) in [5, 5.41) is 8.69. The van der Waals surface area contributed by atoms with Crippen molar-refractivity contribution in [3.63, 3.8) is 0 Å². The lowest BCUT2D eigenvalue weighted by Gasteiger charge is -2.31. The monoisotopic (exact) mass is 321 g/mol. The first kappa shape index (κ1) is 15.8. The van der Waals surface area contributed by atoms with Crippen LogP contribution in [0.4, 0.5) is 8.78 Å². The lowest BCUT2D eigenvalue weighted by Crippen LogP contribution is -2.46. The first-order valence-corrected chi connectivity index (χ1v) is 7.53. The number of carbonyl (C=O) groups is 1. The molecule has 1 aromatic rings. The minimum atomic E-state index is -4.24. The molecule has 0 bridgehead atoms. The van der Waals surface area contributed by atoms with Gasteiger partial charge >= 0.3 is 5.97 Å². The number of carboxylic acid groups (broad SMARTS) is 1. The van der Waals surface area contributed by atoms with Crippen LogP contribution in [-0.2, 0) is 19.6 Å². The van der Waals surface area contributed by atoms with E-state index >= 15 is 0 Å². The minimum Gasteiger partial charge on any atom is -0.481 e. The quantitative estimate of drug-likeness (QED) is 0.888. The van der Waals surface area contributed by atoms with Gasteiger partial charge in [-0.15, -0.1) is 0 Å². The van der Waals surface area contributed by atoms with Crippen LogP contribution in [0.1, 0.15) is 6.42 Å². The highest BCUT2D eigenvalue weighted by Crippen LogP contribution is 2.23. The molecule has 1 saturated heterocycles. The van der Waals surface area contributed by atoms with E-state index in [0.29, 0.717) is 6.07 Å². The second-order valence-corrected chi connectivity index (χ2v) is 6.43. The van der Waals surface area contributed by atoms with Gasteiger partial charge in [-0.25, -0.2) is 17.2 Å². The van der Waals surface area contributed by atoms with Crippen LogP contribution in [0.3, 0.4) is 0 Å². The number of ether oxygens (including phenoxy) is 1. The zero-order valence-corrected chi connectivity index (χ0v) is 11.6. The summed E-state index contributed by atoms with van der Waals surface area (Å²) in [6.45, 7) is -0.271. The smallest absolute Gasteiger partial charge is 0.306 e. The number of carboxylic acids is 1. The van der Waals surface area contributed by atoms with Gasteiger partial charge in [-0.1, -0.05) is 0 Å². The third kappa shape index (κ3) is 3.55. The number of rotatable bonds is 4. The summed E-state index contributed by atoms with van der Waals surface area (Å²) in [6, 6.07) is 2.16. The molecule has 1 aliphatic rings. The topological polar surface area (TPSA) is 83.9 Å². The molecule has 21 heavy (non-hydrogen) atoms. The first-order valence-electron chi connectivity index (χ1n) is 6.09. The molecule has 2 rings (SSSR count). The van der Waals surface area contributed by atoms with Gasteiger partial charge in [0, 0.05) is 13.1 Å². The molecule has 0 radical (unpaired) electrons. The molecule has 1 N–H and O–H groups in total. The fourth-order valence-electron chi connectivity index (χ4n) is 2.04. The number of sulfonamides is 1. The van der Waals surface area contributed by atoms with Crippen LogP contribution in [0.15, 0.2) is 23.1 Å². The van der Waals surface area contributed by atoms with Gasteiger partial charge in [0.25, 0.3) is 0 Å². The largest absolute Gasteiger partial charge is 0.481 e. The molecule has 6 nitrogen and oxygen atoms in total. The maximum Gasteiger partial charge on any atom is 0.306 e. The maximum atomic E-state index is 13.6. The molecule has 1 heterocycles. The third-order valence-corrected chi connectivity index (χ3v) is 4.90.